The first-order valence-electron chi connectivity index (χ1n) is 15.2. The summed E-state index contributed by atoms with van der Waals surface area (Å²) in [5.41, 5.74) is 7.74. The Labute approximate surface area is 255 Å². The summed E-state index contributed by atoms with van der Waals surface area (Å²) < 4.78 is 18.7. The maximum atomic E-state index is 12.7. The van der Waals surface area contributed by atoms with Crippen LogP contribution in [0.5, 0.6) is 0 Å². The van der Waals surface area contributed by atoms with Gasteiger partial charge in [0.05, 0.1) is 31.3 Å². The summed E-state index contributed by atoms with van der Waals surface area (Å²) in [6, 6.07) is 20.4. The maximum Gasteiger partial charge on any atom is 0.306 e. The minimum atomic E-state index is -0.610. The number of hydrogen-bond donors (Lipinski definition) is 1. The zero-order valence-electron chi connectivity index (χ0n) is 26.1. The number of hydrogen-bond acceptors (Lipinski definition) is 7. The molecule has 8 heteroatoms. The summed E-state index contributed by atoms with van der Waals surface area (Å²) in [5, 5.41) is 19.5. The molecule has 0 aliphatic carbocycles. The van der Waals surface area contributed by atoms with Crippen molar-refractivity contribution in [1.82, 2.24) is 15.0 Å². The van der Waals surface area contributed by atoms with E-state index in [1.807, 2.05) is 61.9 Å². The van der Waals surface area contributed by atoms with Crippen LogP contribution >= 0.6 is 0 Å². The zero-order valence-corrected chi connectivity index (χ0v) is 26.1. The Bertz CT molecular complexity index is 1470. The van der Waals surface area contributed by atoms with E-state index < -0.39 is 6.10 Å². The minimum absolute atomic E-state index is 0.193. The van der Waals surface area contributed by atoms with Crippen molar-refractivity contribution in [3.63, 3.8) is 0 Å². The molecule has 0 bridgehead atoms. The second-order valence-electron chi connectivity index (χ2n) is 11.2. The van der Waals surface area contributed by atoms with Gasteiger partial charge in [-0.05, 0) is 85.9 Å². The molecule has 1 aromatic heterocycles. The van der Waals surface area contributed by atoms with E-state index in [4.69, 9.17) is 14.2 Å². The summed E-state index contributed by atoms with van der Waals surface area (Å²) >= 11 is 0. The van der Waals surface area contributed by atoms with Crippen molar-refractivity contribution in [1.29, 1.82) is 0 Å². The van der Waals surface area contributed by atoms with E-state index in [2.05, 4.69) is 34.6 Å². The molecule has 0 spiro atoms. The predicted octanol–water partition coefficient (Wildman–Crippen LogP) is 6.45. The molecule has 1 heterocycles. The van der Waals surface area contributed by atoms with Gasteiger partial charge in [0.2, 0.25) is 0 Å². The second kappa shape index (κ2) is 15.8. The van der Waals surface area contributed by atoms with E-state index >= 15 is 0 Å². The van der Waals surface area contributed by atoms with Crippen LogP contribution in [-0.2, 0) is 32.2 Å². The molecule has 4 aromatic rings. The average molecular weight is 588 g/mol. The van der Waals surface area contributed by atoms with Gasteiger partial charge in [0.15, 0.2) is 0 Å². The molecule has 0 amide bonds. The average Bonchev–Trinajstić information content (AvgIpc) is 3.41. The van der Waals surface area contributed by atoms with Crippen molar-refractivity contribution in [2.75, 3.05) is 26.9 Å². The zero-order chi connectivity index (χ0) is 30.8. The van der Waals surface area contributed by atoms with Crippen molar-refractivity contribution in [2.24, 2.45) is 5.92 Å². The molecule has 0 saturated carbocycles. The van der Waals surface area contributed by atoms with Gasteiger partial charge >= 0.3 is 5.97 Å². The standard InChI is InChI=1S/C35H45N3O5/c1-6-43-34(40)21-32(29-13-12-24(2)31(20-29)26(4)39)30-14-15-33-35(25(30)3)36-37-38(33)22-27(16-18-41-5)17-19-42-23-28-10-8-7-9-11-28/h7-15,20,26-27,32,39H,6,16-19,21-23H2,1-5H3/t26-,27?,32?/m0/s1. The van der Waals surface area contributed by atoms with Gasteiger partial charge in [0, 0.05) is 32.8 Å². The Balaban J connectivity index is 1.57. The highest BCUT2D eigenvalue weighted by Gasteiger charge is 2.24. The van der Waals surface area contributed by atoms with Crippen LogP contribution in [0.3, 0.4) is 0 Å². The van der Waals surface area contributed by atoms with Gasteiger partial charge in [0.25, 0.3) is 0 Å². The largest absolute Gasteiger partial charge is 0.466 e. The number of esters is 1. The van der Waals surface area contributed by atoms with Gasteiger partial charge in [-0.3, -0.25) is 4.79 Å². The fraction of sp³-hybridized carbons (Fsp3) is 0.457. The van der Waals surface area contributed by atoms with E-state index in [0.717, 1.165) is 51.7 Å². The highest BCUT2D eigenvalue weighted by molar-refractivity contribution is 5.80. The predicted molar refractivity (Wildman–Crippen MR) is 168 cm³/mol. The van der Waals surface area contributed by atoms with Gasteiger partial charge in [-0.25, -0.2) is 4.68 Å². The molecular weight excluding hydrogens is 542 g/mol. The smallest absolute Gasteiger partial charge is 0.306 e. The van der Waals surface area contributed by atoms with Gasteiger partial charge in [0.1, 0.15) is 5.52 Å². The Morgan fingerprint density at radius 2 is 1.77 bits per heavy atom. The molecule has 43 heavy (non-hydrogen) atoms. The van der Waals surface area contributed by atoms with E-state index in [1.165, 1.54) is 5.56 Å². The third-order valence-corrected chi connectivity index (χ3v) is 8.13. The molecular formula is C35H45N3O5. The van der Waals surface area contributed by atoms with E-state index in [0.29, 0.717) is 38.9 Å². The number of fused-ring (bicyclic) bond motifs is 1. The molecule has 4 rings (SSSR count). The van der Waals surface area contributed by atoms with Crippen LogP contribution in [-0.4, -0.2) is 53.0 Å². The van der Waals surface area contributed by atoms with Crippen LogP contribution in [0.1, 0.15) is 78.5 Å². The maximum absolute atomic E-state index is 12.7. The molecule has 2 unspecified atom stereocenters. The fourth-order valence-corrected chi connectivity index (χ4v) is 5.69. The van der Waals surface area contributed by atoms with Crippen LogP contribution in [0.25, 0.3) is 11.0 Å². The van der Waals surface area contributed by atoms with Crippen molar-refractivity contribution in [3.05, 3.63) is 94.0 Å². The van der Waals surface area contributed by atoms with Crippen LogP contribution in [0.15, 0.2) is 60.7 Å². The molecule has 3 atom stereocenters. The molecule has 0 saturated heterocycles. The Hall–Kier alpha value is -3.59. The van der Waals surface area contributed by atoms with Crippen LogP contribution in [0.4, 0.5) is 0 Å². The normalized spacial score (nSPS) is 13.6. The summed E-state index contributed by atoms with van der Waals surface area (Å²) in [6.45, 7) is 10.5. The van der Waals surface area contributed by atoms with Crippen LogP contribution < -0.4 is 0 Å². The lowest BCUT2D eigenvalue weighted by Crippen LogP contribution is -2.16. The quantitative estimate of drug-likeness (QED) is 0.119. The number of carbonyl (C=O) groups is 1. The summed E-state index contributed by atoms with van der Waals surface area (Å²) in [6.07, 6.45) is 1.36. The van der Waals surface area contributed by atoms with Crippen molar-refractivity contribution in [2.45, 2.75) is 72.1 Å². The Morgan fingerprint density at radius 1 is 1.00 bits per heavy atom. The lowest BCUT2D eigenvalue weighted by molar-refractivity contribution is -0.143. The van der Waals surface area contributed by atoms with Gasteiger partial charge in [-0.1, -0.05) is 59.8 Å². The molecule has 0 radical (unpaired) electrons. The highest BCUT2D eigenvalue weighted by atomic mass is 16.5. The third-order valence-electron chi connectivity index (χ3n) is 8.13. The topological polar surface area (TPSA) is 95.7 Å². The SMILES string of the molecule is CCOC(=O)CC(c1ccc(C)c([C@H](C)O)c1)c1ccc2c(nnn2CC(CCOC)CCOCc2ccccc2)c1C. The number of nitrogens with zero attached hydrogens (tertiary/aromatic N) is 3. The number of ether oxygens (including phenoxy) is 3. The lowest BCUT2D eigenvalue weighted by atomic mass is 9.84. The van der Waals surface area contributed by atoms with Crippen molar-refractivity contribution >= 4 is 17.0 Å². The number of aliphatic hydroxyl groups excluding tert-OH is 1. The molecule has 3 aromatic carbocycles. The number of aryl methyl sites for hydroxylation is 2. The molecule has 1 N–H and O–H groups in total. The Morgan fingerprint density at radius 3 is 2.49 bits per heavy atom. The van der Waals surface area contributed by atoms with E-state index in [1.54, 1.807) is 14.0 Å². The molecule has 0 fully saturated rings. The molecule has 0 aliphatic rings. The number of rotatable bonds is 16. The van der Waals surface area contributed by atoms with E-state index in [-0.39, 0.29) is 18.3 Å². The van der Waals surface area contributed by atoms with Crippen LogP contribution in [0.2, 0.25) is 0 Å². The number of benzene rings is 3. The number of carbonyl (C=O) groups excluding carboxylic acids is 1. The first-order chi connectivity index (χ1) is 20.8. The molecule has 0 aliphatic heterocycles. The molecule has 8 nitrogen and oxygen atoms in total. The van der Waals surface area contributed by atoms with Crippen molar-refractivity contribution < 1.29 is 24.1 Å². The number of methoxy groups -OCH3 is 1. The van der Waals surface area contributed by atoms with Gasteiger partial charge < -0.3 is 19.3 Å². The first-order valence-corrected chi connectivity index (χ1v) is 15.2. The summed E-state index contributed by atoms with van der Waals surface area (Å²) in [5.74, 6) is -0.197. The highest BCUT2D eigenvalue weighted by Crippen LogP contribution is 2.35. The third kappa shape index (κ3) is 8.50. The lowest BCUT2D eigenvalue weighted by Gasteiger charge is -2.22. The minimum Gasteiger partial charge on any atom is -0.466 e. The number of aromatic nitrogens is 3. The van der Waals surface area contributed by atoms with Crippen molar-refractivity contribution in [3.8, 4) is 0 Å². The van der Waals surface area contributed by atoms with Crippen LogP contribution in [0, 0.1) is 19.8 Å². The monoisotopic (exact) mass is 587 g/mol. The van der Waals surface area contributed by atoms with E-state index in [9.17, 15) is 9.90 Å². The molecule has 230 valence electrons. The Kier molecular flexibility index (Phi) is 11.8. The van der Waals surface area contributed by atoms with Gasteiger partial charge in [-0.15, -0.1) is 5.10 Å². The fourth-order valence-electron chi connectivity index (χ4n) is 5.69. The second-order valence-corrected chi connectivity index (χ2v) is 11.2. The van der Waals surface area contributed by atoms with Gasteiger partial charge in [-0.2, -0.15) is 0 Å². The summed E-state index contributed by atoms with van der Waals surface area (Å²) in [7, 11) is 1.73. The first kappa shape index (κ1) is 32.3. The number of aliphatic hydroxyl groups is 1. The summed E-state index contributed by atoms with van der Waals surface area (Å²) in [4.78, 5) is 12.7.